The highest BCUT2D eigenvalue weighted by Crippen LogP contribution is 2.47. The van der Waals surface area contributed by atoms with Gasteiger partial charge in [0.1, 0.15) is 0 Å². The molecule has 3 rings (SSSR count). The quantitative estimate of drug-likeness (QED) is 0.856. The van der Waals surface area contributed by atoms with E-state index < -0.39 is 16.1 Å². The van der Waals surface area contributed by atoms with E-state index in [1.165, 1.54) is 11.4 Å². The van der Waals surface area contributed by atoms with Crippen molar-refractivity contribution >= 4 is 15.8 Å². The molecular weight excluding hydrogens is 274 g/mol. The van der Waals surface area contributed by atoms with Gasteiger partial charge >= 0.3 is 0 Å². The van der Waals surface area contributed by atoms with Crippen molar-refractivity contribution in [3.05, 3.63) is 29.8 Å². The average Bonchev–Trinajstić information content (AvgIpc) is 2.83. The molecule has 0 spiro atoms. The third-order valence-corrected chi connectivity index (χ3v) is 6.57. The number of sulfonamides is 1. The van der Waals surface area contributed by atoms with Crippen LogP contribution in [0.5, 0.6) is 0 Å². The summed E-state index contributed by atoms with van der Waals surface area (Å²) in [6.45, 7) is 1.92. The molecule has 0 N–H and O–H groups in total. The zero-order valence-corrected chi connectivity index (χ0v) is 12.6. The molecule has 0 aromatic heterocycles. The monoisotopic (exact) mass is 293 g/mol. The van der Waals surface area contributed by atoms with Crippen LogP contribution in [-0.2, 0) is 14.8 Å². The Morgan fingerprint density at radius 2 is 1.80 bits per heavy atom. The van der Waals surface area contributed by atoms with E-state index in [1.54, 1.807) is 24.3 Å². The summed E-state index contributed by atoms with van der Waals surface area (Å²) in [5.74, 6) is 0.439. The minimum Gasteiger partial charge on any atom is -0.298 e. The molecule has 0 heterocycles. The fourth-order valence-corrected chi connectivity index (χ4v) is 4.88. The zero-order valence-electron chi connectivity index (χ0n) is 11.7. The largest absolute Gasteiger partial charge is 0.298 e. The molecule has 1 aromatic carbocycles. The molecule has 0 aliphatic heterocycles. The summed E-state index contributed by atoms with van der Waals surface area (Å²) in [7, 11) is -2.04. The lowest BCUT2D eigenvalue weighted by Gasteiger charge is -2.43. The first-order valence-corrected chi connectivity index (χ1v) is 8.45. The Balaban J connectivity index is 1.88. The zero-order chi connectivity index (χ0) is 14.5. The van der Waals surface area contributed by atoms with E-state index in [9.17, 15) is 13.2 Å². The highest BCUT2D eigenvalue weighted by molar-refractivity contribution is 7.89. The Morgan fingerprint density at radius 1 is 1.15 bits per heavy atom. The third-order valence-electron chi connectivity index (χ3n) is 4.72. The van der Waals surface area contributed by atoms with Crippen molar-refractivity contribution in [1.82, 2.24) is 4.31 Å². The first-order chi connectivity index (χ1) is 9.43. The van der Waals surface area contributed by atoms with Gasteiger partial charge in [-0.05, 0) is 37.8 Å². The second-order valence-corrected chi connectivity index (χ2v) is 7.88. The van der Waals surface area contributed by atoms with Crippen molar-refractivity contribution in [1.29, 1.82) is 0 Å². The molecule has 20 heavy (non-hydrogen) atoms. The van der Waals surface area contributed by atoms with Gasteiger partial charge in [-0.1, -0.05) is 24.1 Å². The number of aryl methyl sites for hydroxylation is 1. The number of rotatable bonds is 3. The molecule has 0 saturated heterocycles. The summed E-state index contributed by atoms with van der Waals surface area (Å²) < 4.78 is 26.5. The molecule has 3 atom stereocenters. The van der Waals surface area contributed by atoms with Gasteiger partial charge < -0.3 is 0 Å². The molecule has 2 aliphatic carbocycles. The van der Waals surface area contributed by atoms with E-state index in [-0.39, 0.29) is 22.5 Å². The molecule has 108 valence electrons. The van der Waals surface area contributed by atoms with E-state index in [1.807, 2.05) is 6.92 Å². The van der Waals surface area contributed by atoms with Crippen molar-refractivity contribution < 1.29 is 13.2 Å². The normalized spacial score (nSPS) is 29.4. The highest BCUT2D eigenvalue weighted by atomic mass is 32.2. The average molecular weight is 293 g/mol. The van der Waals surface area contributed by atoms with Crippen LogP contribution in [0.15, 0.2) is 29.2 Å². The third kappa shape index (κ3) is 1.91. The number of Topliss-reactive ketones (excluding diaryl/α,β-unsaturated/α-hetero) is 1. The van der Waals surface area contributed by atoms with Crippen molar-refractivity contribution in [3.8, 4) is 0 Å². The molecular formula is C15H19NO3S. The van der Waals surface area contributed by atoms with Gasteiger partial charge in [-0.2, -0.15) is 4.31 Å². The number of hydrogen-bond acceptors (Lipinski definition) is 3. The van der Waals surface area contributed by atoms with Crippen molar-refractivity contribution in [3.63, 3.8) is 0 Å². The van der Waals surface area contributed by atoms with E-state index >= 15 is 0 Å². The Morgan fingerprint density at radius 3 is 2.45 bits per heavy atom. The lowest BCUT2D eigenvalue weighted by molar-refractivity contribution is -0.139. The summed E-state index contributed by atoms with van der Waals surface area (Å²) in [5.41, 5.74) is 1.02. The van der Waals surface area contributed by atoms with E-state index in [0.717, 1.165) is 24.8 Å². The van der Waals surface area contributed by atoms with Gasteiger partial charge in [0.25, 0.3) is 0 Å². The standard InChI is InChI=1S/C15H19NO3S/c1-10-6-8-11(9-7-10)20(18,19)16(2)14-12-4-3-5-13(12)15(14)17/h6-9,12-14H,3-5H2,1-2H3/t12-,13+,14+/m1/s1. The predicted molar refractivity (Wildman–Crippen MR) is 75.8 cm³/mol. The topological polar surface area (TPSA) is 54.5 Å². The molecule has 0 amide bonds. The number of carbonyl (C=O) groups excluding carboxylic acids is 1. The van der Waals surface area contributed by atoms with Gasteiger partial charge in [0.2, 0.25) is 10.0 Å². The first-order valence-electron chi connectivity index (χ1n) is 7.01. The van der Waals surface area contributed by atoms with E-state index in [0.29, 0.717) is 0 Å². The Labute approximate surface area is 119 Å². The fourth-order valence-electron chi connectivity index (χ4n) is 3.51. The lowest BCUT2D eigenvalue weighted by Crippen LogP contribution is -2.59. The number of benzene rings is 1. The van der Waals surface area contributed by atoms with Gasteiger partial charge in [-0.25, -0.2) is 8.42 Å². The van der Waals surface area contributed by atoms with Gasteiger partial charge in [0, 0.05) is 13.0 Å². The van der Waals surface area contributed by atoms with Crippen LogP contribution < -0.4 is 0 Å². The summed E-state index contributed by atoms with van der Waals surface area (Å²) in [6, 6.07) is 6.32. The minimum atomic E-state index is -3.57. The molecule has 0 bridgehead atoms. The van der Waals surface area contributed by atoms with Gasteiger partial charge in [0.05, 0.1) is 10.9 Å². The van der Waals surface area contributed by atoms with Crippen LogP contribution in [0, 0.1) is 18.8 Å². The molecule has 2 saturated carbocycles. The maximum absolute atomic E-state index is 12.6. The van der Waals surface area contributed by atoms with Crippen LogP contribution >= 0.6 is 0 Å². The van der Waals surface area contributed by atoms with Crippen LogP contribution in [0.4, 0.5) is 0 Å². The number of hydrogen-bond donors (Lipinski definition) is 0. The predicted octanol–water partition coefficient (Wildman–Crippen LogP) is 1.98. The summed E-state index contributed by atoms with van der Waals surface area (Å²) in [6.07, 6.45) is 2.93. The van der Waals surface area contributed by atoms with Crippen LogP contribution in [-0.4, -0.2) is 31.6 Å². The van der Waals surface area contributed by atoms with Crippen LogP contribution in [0.1, 0.15) is 24.8 Å². The van der Waals surface area contributed by atoms with Crippen LogP contribution in [0.2, 0.25) is 0 Å². The lowest BCUT2D eigenvalue weighted by atomic mass is 9.70. The molecule has 4 nitrogen and oxygen atoms in total. The SMILES string of the molecule is Cc1ccc(S(=O)(=O)N(C)[C@@H]2C(=O)[C@H]3CCC[C@H]32)cc1. The Kier molecular flexibility index (Phi) is 3.21. The number of nitrogens with zero attached hydrogens (tertiary/aromatic N) is 1. The van der Waals surface area contributed by atoms with Crippen molar-refractivity contribution in [2.45, 2.75) is 37.1 Å². The highest BCUT2D eigenvalue weighted by Gasteiger charge is 2.55. The maximum atomic E-state index is 12.6. The van der Waals surface area contributed by atoms with Gasteiger partial charge in [-0.3, -0.25) is 4.79 Å². The van der Waals surface area contributed by atoms with Gasteiger partial charge in [-0.15, -0.1) is 0 Å². The minimum absolute atomic E-state index is 0.102. The Hall–Kier alpha value is -1.20. The van der Waals surface area contributed by atoms with E-state index in [4.69, 9.17) is 0 Å². The molecule has 2 fully saturated rings. The van der Waals surface area contributed by atoms with Crippen LogP contribution in [0.25, 0.3) is 0 Å². The Bertz CT molecular complexity index is 636. The second-order valence-electron chi connectivity index (χ2n) is 5.88. The number of carbonyl (C=O) groups is 1. The van der Waals surface area contributed by atoms with Crippen molar-refractivity contribution in [2.75, 3.05) is 7.05 Å². The molecule has 2 aliphatic rings. The fraction of sp³-hybridized carbons (Fsp3) is 0.533. The second kappa shape index (κ2) is 4.67. The summed E-state index contributed by atoms with van der Waals surface area (Å²) >= 11 is 0. The molecule has 1 aromatic rings. The van der Waals surface area contributed by atoms with E-state index in [2.05, 4.69) is 0 Å². The molecule has 0 radical (unpaired) electrons. The summed E-state index contributed by atoms with van der Waals surface area (Å²) in [5, 5.41) is 0. The molecule has 0 unspecified atom stereocenters. The summed E-state index contributed by atoms with van der Waals surface area (Å²) in [4.78, 5) is 12.4. The number of likely N-dealkylation sites (N-methyl/N-ethyl adjacent to an activating group) is 1. The number of fused-ring (bicyclic) bond motifs is 1. The molecule has 5 heteroatoms. The maximum Gasteiger partial charge on any atom is 0.243 e. The van der Waals surface area contributed by atoms with Crippen molar-refractivity contribution in [2.24, 2.45) is 11.8 Å². The van der Waals surface area contributed by atoms with Gasteiger partial charge in [0.15, 0.2) is 5.78 Å². The first kappa shape index (κ1) is 13.8. The number of ketones is 1. The van der Waals surface area contributed by atoms with Crippen LogP contribution in [0.3, 0.4) is 0 Å². The smallest absolute Gasteiger partial charge is 0.243 e.